The van der Waals surface area contributed by atoms with E-state index < -0.39 is 17.5 Å². The van der Waals surface area contributed by atoms with Crippen LogP contribution < -0.4 is 0 Å². The molecule has 0 heterocycles. The topological polar surface area (TPSA) is 43.4 Å². The van der Waals surface area contributed by atoms with E-state index in [1.807, 2.05) is 0 Å². The third-order valence-electron chi connectivity index (χ3n) is 1.62. The van der Waals surface area contributed by atoms with Gasteiger partial charge in [0.15, 0.2) is 5.78 Å². The van der Waals surface area contributed by atoms with Gasteiger partial charge in [0.2, 0.25) is 0 Å². The molecule has 0 aliphatic rings. The van der Waals surface area contributed by atoms with Crippen molar-refractivity contribution < 1.29 is 27.5 Å². The molecule has 0 unspecified atom stereocenters. The van der Waals surface area contributed by atoms with Crippen molar-refractivity contribution >= 4 is 12.1 Å². The molecular formula is C10H11F3O3. The van der Waals surface area contributed by atoms with Gasteiger partial charge in [-0.3, -0.25) is 9.59 Å². The molecule has 0 atom stereocenters. The van der Waals surface area contributed by atoms with Crippen molar-refractivity contribution in [2.75, 3.05) is 13.7 Å². The Balaban J connectivity index is 5.19. The van der Waals surface area contributed by atoms with E-state index in [0.29, 0.717) is 6.08 Å². The van der Waals surface area contributed by atoms with Crippen LogP contribution in [0.3, 0.4) is 0 Å². The zero-order chi connectivity index (χ0) is 12.8. The van der Waals surface area contributed by atoms with Crippen molar-refractivity contribution in [3.05, 3.63) is 23.3 Å². The third kappa shape index (κ3) is 4.88. The molecule has 0 saturated heterocycles. The number of methoxy groups -OCH3 is 1. The molecule has 0 aromatic carbocycles. The molecule has 0 radical (unpaired) electrons. The van der Waals surface area contributed by atoms with Crippen LogP contribution in [-0.2, 0) is 14.3 Å². The van der Waals surface area contributed by atoms with Crippen molar-refractivity contribution in [1.29, 1.82) is 0 Å². The standard InChI is InChI=1S/C10H11F3O3/c1-7(15)9(10(11,12)13)5-8(6-14)3-4-16-2/h3,5-6H,4H2,1-2H3/b8-3+,9-5+. The van der Waals surface area contributed by atoms with Crippen LogP contribution in [0.15, 0.2) is 23.3 Å². The lowest BCUT2D eigenvalue weighted by Crippen LogP contribution is -2.18. The largest absolute Gasteiger partial charge is 0.419 e. The Hall–Kier alpha value is -1.43. The number of alkyl halides is 3. The van der Waals surface area contributed by atoms with Crippen LogP contribution in [0.25, 0.3) is 0 Å². The molecule has 3 nitrogen and oxygen atoms in total. The number of carbonyl (C=O) groups excluding carboxylic acids is 2. The Labute approximate surface area is 90.6 Å². The van der Waals surface area contributed by atoms with Crippen LogP contribution in [0.1, 0.15) is 6.92 Å². The molecule has 16 heavy (non-hydrogen) atoms. The highest BCUT2D eigenvalue weighted by molar-refractivity contribution is 5.96. The van der Waals surface area contributed by atoms with E-state index in [-0.39, 0.29) is 18.5 Å². The van der Waals surface area contributed by atoms with Crippen molar-refractivity contribution in [1.82, 2.24) is 0 Å². The highest BCUT2D eigenvalue weighted by Gasteiger charge is 2.36. The summed E-state index contributed by atoms with van der Waals surface area (Å²) in [5, 5.41) is 0. The number of aldehydes is 1. The quantitative estimate of drug-likeness (QED) is 0.415. The fourth-order valence-corrected chi connectivity index (χ4v) is 0.870. The fraction of sp³-hybridized carbons (Fsp3) is 0.400. The summed E-state index contributed by atoms with van der Waals surface area (Å²) in [6.07, 6.45) is -2.87. The molecule has 0 fully saturated rings. The predicted octanol–water partition coefficient (Wildman–Crippen LogP) is 1.84. The van der Waals surface area contributed by atoms with E-state index in [1.165, 1.54) is 7.11 Å². The molecule has 90 valence electrons. The fourth-order valence-electron chi connectivity index (χ4n) is 0.870. The Morgan fingerprint density at radius 2 is 1.94 bits per heavy atom. The summed E-state index contributed by atoms with van der Waals surface area (Å²) in [6, 6.07) is 0. The average Bonchev–Trinajstić information content (AvgIpc) is 2.15. The number of allylic oxidation sites excluding steroid dienone is 3. The maximum Gasteiger partial charge on any atom is 0.419 e. The number of hydrogen-bond donors (Lipinski definition) is 0. The Bertz CT molecular complexity index is 327. The van der Waals surface area contributed by atoms with Crippen molar-refractivity contribution in [2.45, 2.75) is 13.1 Å². The van der Waals surface area contributed by atoms with Gasteiger partial charge in [0.05, 0.1) is 12.2 Å². The molecule has 6 heteroatoms. The molecule has 0 rings (SSSR count). The molecule has 0 amide bonds. The molecule has 0 aliphatic heterocycles. The van der Waals surface area contributed by atoms with Gasteiger partial charge in [0.25, 0.3) is 0 Å². The van der Waals surface area contributed by atoms with Gasteiger partial charge in [0, 0.05) is 12.7 Å². The molecule has 0 aliphatic carbocycles. The molecule has 0 spiro atoms. The summed E-state index contributed by atoms with van der Waals surface area (Å²) < 4.78 is 41.5. The van der Waals surface area contributed by atoms with Gasteiger partial charge in [-0.25, -0.2) is 0 Å². The van der Waals surface area contributed by atoms with Gasteiger partial charge in [-0.05, 0) is 19.1 Å². The first-order valence-corrected chi connectivity index (χ1v) is 4.27. The number of Topliss-reactive ketones (excluding diaryl/α,β-unsaturated/α-hetero) is 1. The number of rotatable bonds is 5. The zero-order valence-corrected chi connectivity index (χ0v) is 8.80. The number of hydrogen-bond acceptors (Lipinski definition) is 3. The first-order valence-electron chi connectivity index (χ1n) is 4.27. The molecule has 0 bridgehead atoms. The normalized spacial score (nSPS) is 13.8. The van der Waals surface area contributed by atoms with Crippen LogP contribution in [-0.4, -0.2) is 32.0 Å². The second-order valence-electron chi connectivity index (χ2n) is 2.89. The highest BCUT2D eigenvalue weighted by atomic mass is 19.4. The van der Waals surface area contributed by atoms with Crippen LogP contribution in [0, 0.1) is 0 Å². The second kappa shape index (κ2) is 6.22. The monoisotopic (exact) mass is 236 g/mol. The predicted molar refractivity (Wildman–Crippen MR) is 50.8 cm³/mol. The van der Waals surface area contributed by atoms with Crippen molar-refractivity contribution in [3.63, 3.8) is 0 Å². The molecular weight excluding hydrogens is 225 g/mol. The van der Waals surface area contributed by atoms with Gasteiger partial charge >= 0.3 is 6.18 Å². The smallest absolute Gasteiger partial charge is 0.381 e. The van der Waals surface area contributed by atoms with E-state index in [4.69, 9.17) is 0 Å². The molecule has 0 aromatic rings. The lowest BCUT2D eigenvalue weighted by atomic mass is 10.1. The van der Waals surface area contributed by atoms with Crippen LogP contribution >= 0.6 is 0 Å². The number of carbonyl (C=O) groups is 2. The van der Waals surface area contributed by atoms with Gasteiger partial charge in [-0.1, -0.05) is 0 Å². The summed E-state index contributed by atoms with van der Waals surface area (Å²) in [5.41, 5.74) is -1.61. The minimum atomic E-state index is -4.76. The van der Waals surface area contributed by atoms with E-state index in [0.717, 1.165) is 13.0 Å². The van der Waals surface area contributed by atoms with Crippen molar-refractivity contribution in [2.24, 2.45) is 0 Å². The molecule has 0 saturated carbocycles. The average molecular weight is 236 g/mol. The van der Waals surface area contributed by atoms with E-state index in [2.05, 4.69) is 4.74 Å². The van der Waals surface area contributed by atoms with E-state index in [9.17, 15) is 22.8 Å². The first-order chi connectivity index (χ1) is 7.32. The lowest BCUT2D eigenvalue weighted by Gasteiger charge is -2.07. The summed E-state index contributed by atoms with van der Waals surface area (Å²) in [7, 11) is 1.33. The Morgan fingerprint density at radius 1 is 1.38 bits per heavy atom. The van der Waals surface area contributed by atoms with Crippen LogP contribution in [0.2, 0.25) is 0 Å². The maximum absolute atomic E-state index is 12.3. The zero-order valence-electron chi connectivity index (χ0n) is 8.80. The summed E-state index contributed by atoms with van der Waals surface area (Å²) in [4.78, 5) is 21.2. The van der Waals surface area contributed by atoms with Crippen LogP contribution in [0.5, 0.6) is 0 Å². The number of ketones is 1. The lowest BCUT2D eigenvalue weighted by molar-refractivity contribution is -0.127. The van der Waals surface area contributed by atoms with Gasteiger partial charge < -0.3 is 4.74 Å². The van der Waals surface area contributed by atoms with E-state index >= 15 is 0 Å². The van der Waals surface area contributed by atoms with Gasteiger partial charge in [-0.2, -0.15) is 13.2 Å². The van der Waals surface area contributed by atoms with Gasteiger partial charge in [-0.15, -0.1) is 0 Å². The first kappa shape index (κ1) is 14.6. The summed E-state index contributed by atoms with van der Waals surface area (Å²) >= 11 is 0. The highest BCUT2D eigenvalue weighted by Crippen LogP contribution is 2.27. The Kier molecular flexibility index (Phi) is 5.66. The number of halogens is 3. The Morgan fingerprint density at radius 3 is 2.25 bits per heavy atom. The van der Waals surface area contributed by atoms with E-state index in [1.54, 1.807) is 0 Å². The number of ether oxygens (including phenoxy) is 1. The maximum atomic E-state index is 12.3. The van der Waals surface area contributed by atoms with Crippen LogP contribution in [0.4, 0.5) is 13.2 Å². The SMILES string of the molecule is COC/C=C(C=O)\C=C(/C(C)=O)C(F)(F)F. The second-order valence-corrected chi connectivity index (χ2v) is 2.89. The minimum absolute atomic E-state index is 0.00633. The molecule has 0 aromatic heterocycles. The third-order valence-corrected chi connectivity index (χ3v) is 1.62. The summed E-state index contributed by atoms with van der Waals surface area (Å²) in [6.45, 7) is 0.783. The molecule has 0 N–H and O–H groups in total. The minimum Gasteiger partial charge on any atom is -0.381 e. The summed E-state index contributed by atoms with van der Waals surface area (Å²) in [5.74, 6) is -1.14. The van der Waals surface area contributed by atoms with Gasteiger partial charge in [0.1, 0.15) is 6.29 Å². The van der Waals surface area contributed by atoms with Crippen molar-refractivity contribution in [3.8, 4) is 0 Å².